The third kappa shape index (κ3) is 4.02. The maximum Gasteiger partial charge on any atom is 0.417 e. The van der Waals surface area contributed by atoms with Crippen molar-refractivity contribution in [3.8, 4) is 17.1 Å². The minimum Gasteiger partial charge on any atom is -0.305 e. The number of aromatic nitrogens is 3. The molecule has 12 heteroatoms. The number of nitrogens with zero attached hydrogens (tertiary/aromatic N) is 4. The van der Waals surface area contributed by atoms with E-state index in [9.17, 15) is 18.0 Å². The van der Waals surface area contributed by atoms with Crippen LogP contribution in [0.1, 0.15) is 11.1 Å². The molecule has 3 aromatic rings. The Labute approximate surface area is 165 Å². The molecule has 0 atom stereocenters. The van der Waals surface area contributed by atoms with E-state index in [2.05, 4.69) is 20.4 Å². The Morgan fingerprint density at radius 2 is 1.86 bits per heavy atom. The van der Waals surface area contributed by atoms with Crippen molar-refractivity contribution in [3.63, 3.8) is 0 Å². The summed E-state index contributed by atoms with van der Waals surface area (Å²) in [7, 11) is 0. The third-order valence-electron chi connectivity index (χ3n) is 3.74. The average Bonchev–Trinajstić information content (AvgIpc) is 3.02. The zero-order chi connectivity index (χ0) is 20.5. The highest BCUT2D eigenvalue weighted by atomic mass is 35.5. The van der Waals surface area contributed by atoms with E-state index >= 15 is 0 Å². The zero-order valence-corrected chi connectivity index (χ0v) is 15.3. The summed E-state index contributed by atoms with van der Waals surface area (Å²) in [5, 5.41) is 10.7. The summed E-state index contributed by atoms with van der Waals surface area (Å²) in [4.78, 5) is 14.7. The summed E-state index contributed by atoms with van der Waals surface area (Å²) in [6.07, 6.45) is -4.68. The van der Waals surface area contributed by atoms with Crippen LogP contribution in [0.25, 0.3) is 17.1 Å². The molecule has 3 rings (SSSR count). The summed E-state index contributed by atoms with van der Waals surface area (Å²) in [5.74, 6) is 5.05. The molecule has 0 aliphatic heterocycles. The van der Waals surface area contributed by atoms with Gasteiger partial charge in [-0.25, -0.2) is 4.79 Å². The summed E-state index contributed by atoms with van der Waals surface area (Å²) in [5.41, 5.74) is -0.862. The lowest BCUT2D eigenvalue weighted by molar-refractivity contribution is -0.137. The first-order valence-electron chi connectivity index (χ1n) is 7.62. The molecule has 0 bridgehead atoms. The monoisotopic (exact) mass is 430 g/mol. The Balaban J connectivity index is 2.07. The largest absolute Gasteiger partial charge is 0.417 e. The molecule has 0 unspecified atom stereocenters. The number of rotatable bonds is 4. The van der Waals surface area contributed by atoms with Crippen LogP contribution >= 0.6 is 23.2 Å². The number of nitrogens with one attached hydrogen (secondary N) is 1. The Hall–Kier alpha value is -2.85. The fourth-order valence-corrected chi connectivity index (χ4v) is 2.89. The van der Waals surface area contributed by atoms with E-state index in [1.807, 2.05) is 0 Å². The number of aromatic amines is 1. The predicted molar refractivity (Wildman–Crippen MR) is 97.4 cm³/mol. The van der Waals surface area contributed by atoms with Crippen molar-refractivity contribution in [2.45, 2.75) is 12.7 Å². The van der Waals surface area contributed by atoms with Crippen LogP contribution < -0.4 is 11.5 Å². The average molecular weight is 431 g/mol. The van der Waals surface area contributed by atoms with Gasteiger partial charge in [0.15, 0.2) is 5.82 Å². The van der Waals surface area contributed by atoms with E-state index in [0.717, 1.165) is 16.8 Å². The number of halogens is 5. The molecule has 0 spiro atoms. The van der Waals surface area contributed by atoms with Crippen LogP contribution in [0.15, 0.2) is 51.5 Å². The van der Waals surface area contributed by atoms with Gasteiger partial charge in [0.2, 0.25) is 0 Å². The van der Waals surface area contributed by atoms with Crippen molar-refractivity contribution >= 4 is 23.2 Å². The van der Waals surface area contributed by atoms with Gasteiger partial charge >= 0.3 is 11.9 Å². The van der Waals surface area contributed by atoms with E-state index in [0.29, 0.717) is 11.1 Å². The first-order valence-corrected chi connectivity index (χ1v) is 8.38. The second-order valence-corrected chi connectivity index (χ2v) is 6.40. The van der Waals surface area contributed by atoms with Crippen LogP contribution in [0.3, 0.4) is 0 Å². The Kier molecular flexibility index (Phi) is 5.43. The summed E-state index contributed by atoms with van der Waals surface area (Å²) < 4.78 is 40.0. The first-order chi connectivity index (χ1) is 13.2. The lowest BCUT2D eigenvalue weighted by atomic mass is 10.1. The molecule has 0 aliphatic rings. The molecule has 7 nitrogen and oxygen atoms in total. The molecule has 1 aromatic heterocycles. The highest BCUT2D eigenvalue weighted by Gasteiger charge is 2.33. The van der Waals surface area contributed by atoms with Gasteiger partial charge in [-0.1, -0.05) is 34.5 Å². The molecular weight excluding hydrogens is 420 g/mol. The van der Waals surface area contributed by atoms with Gasteiger partial charge in [-0.05, 0) is 35.9 Å². The molecular formula is C16H11Cl2F3N6O. The van der Waals surface area contributed by atoms with Crippen molar-refractivity contribution in [3.05, 3.63) is 68.1 Å². The van der Waals surface area contributed by atoms with Gasteiger partial charge in [0, 0.05) is 5.56 Å². The standard InChI is InChI=1S/C16H11Cl2F3N6O/c17-12-3-1-8(7-23-26-22)5-10(12)14-24-15(28)27(25-14)9-2-4-13(18)11(6-9)16(19,20)21/h1-6H,7H2,(H2,22,23)(H,24,25,28). The molecule has 0 saturated carbocycles. The highest BCUT2D eigenvalue weighted by Crippen LogP contribution is 2.35. The van der Waals surface area contributed by atoms with Crippen LogP contribution in [0.2, 0.25) is 10.0 Å². The number of hydrogen-bond acceptors (Lipinski definition) is 4. The molecule has 0 aliphatic carbocycles. The number of nitrogens with two attached hydrogens (primary N) is 1. The fraction of sp³-hybridized carbons (Fsp3) is 0.125. The number of benzene rings is 2. The van der Waals surface area contributed by atoms with Crippen LogP contribution in [0.4, 0.5) is 13.2 Å². The molecule has 0 fully saturated rings. The van der Waals surface area contributed by atoms with E-state index in [-0.39, 0.29) is 23.1 Å². The maximum atomic E-state index is 13.1. The van der Waals surface area contributed by atoms with Gasteiger partial charge in [-0.15, -0.1) is 5.10 Å². The molecule has 2 aromatic carbocycles. The van der Waals surface area contributed by atoms with Gasteiger partial charge in [0.05, 0.1) is 27.8 Å². The molecule has 0 saturated heterocycles. The summed E-state index contributed by atoms with van der Waals surface area (Å²) >= 11 is 11.8. The van der Waals surface area contributed by atoms with Crippen molar-refractivity contribution < 1.29 is 13.2 Å². The third-order valence-corrected chi connectivity index (χ3v) is 4.40. The van der Waals surface area contributed by atoms with E-state index in [4.69, 9.17) is 29.0 Å². The van der Waals surface area contributed by atoms with Crippen LogP contribution in [0.5, 0.6) is 0 Å². The Morgan fingerprint density at radius 1 is 1.14 bits per heavy atom. The van der Waals surface area contributed by atoms with Gasteiger partial charge in [0.1, 0.15) is 0 Å². The second-order valence-electron chi connectivity index (χ2n) is 5.58. The lowest BCUT2D eigenvalue weighted by Crippen LogP contribution is -2.17. The van der Waals surface area contributed by atoms with E-state index in [1.54, 1.807) is 18.2 Å². The van der Waals surface area contributed by atoms with E-state index in [1.165, 1.54) is 6.07 Å². The first kappa shape index (κ1) is 19.9. The number of alkyl halides is 3. The normalized spacial score (nSPS) is 12.0. The molecule has 28 heavy (non-hydrogen) atoms. The topological polar surface area (TPSA) is 101 Å². The maximum absolute atomic E-state index is 13.1. The van der Waals surface area contributed by atoms with Gasteiger partial charge in [-0.2, -0.15) is 23.0 Å². The molecule has 0 amide bonds. The van der Waals surface area contributed by atoms with Gasteiger partial charge in [0.25, 0.3) is 0 Å². The minimum absolute atomic E-state index is 0.0741. The van der Waals surface area contributed by atoms with Crippen LogP contribution in [-0.4, -0.2) is 14.8 Å². The highest BCUT2D eigenvalue weighted by molar-refractivity contribution is 6.33. The van der Waals surface area contributed by atoms with E-state index < -0.39 is 22.5 Å². The van der Waals surface area contributed by atoms with Crippen molar-refractivity contribution in [2.24, 2.45) is 16.2 Å². The quantitative estimate of drug-likeness (QED) is 0.364. The van der Waals surface area contributed by atoms with Crippen molar-refractivity contribution in [2.75, 3.05) is 0 Å². The Morgan fingerprint density at radius 3 is 2.54 bits per heavy atom. The fourth-order valence-electron chi connectivity index (χ4n) is 2.46. The van der Waals surface area contributed by atoms with Crippen molar-refractivity contribution in [1.82, 2.24) is 14.8 Å². The smallest absolute Gasteiger partial charge is 0.305 e. The number of hydrogen-bond donors (Lipinski definition) is 2. The van der Waals surface area contributed by atoms with Gasteiger partial charge < -0.3 is 5.84 Å². The Bertz CT molecular complexity index is 1110. The molecule has 1 heterocycles. The SMILES string of the molecule is NN=NCc1ccc(Cl)c(-c2nn(-c3ccc(Cl)c(C(F)(F)F)c3)c(=O)[nH]2)c1. The molecule has 3 N–H and O–H groups in total. The second kappa shape index (κ2) is 7.64. The molecule has 146 valence electrons. The predicted octanol–water partition coefficient (Wildman–Crippen LogP) is 4.38. The minimum atomic E-state index is -4.68. The van der Waals surface area contributed by atoms with Crippen molar-refractivity contribution in [1.29, 1.82) is 0 Å². The summed E-state index contributed by atoms with van der Waals surface area (Å²) in [6.45, 7) is 0.178. The zero-order valence-electron chi connectivity index (χ0n) is 13.8. The van der Waals surface area contributed by atoms with Gasteiger partial charge in [-0.3, -0.25) is 4.98 Å². The molecule has 0 radical (unpaired) electrons. The summed E-state index contributed by atoms with van der Waals surface area (Å²) in [6, 6.07) is 7.91. The number of H-pyrrole nitrogens is 1. The van der Waals surface area contributed by atoms with Crippen LogP contribution in [-0.2, 0) is 12.7 Å². The lowest BCUT2D eigenvalue weighted by Gasteiger charge is -2.10. The van der Waals surface area contributed by atoms with Crippen LogP contribution in [0, 0.1) is 0 Å².